The van der Waals surface area contributed by atoms with Crippen LogP contribution in [0.15, 0.2) is 29.3 Å². The van der Waals surface area contributed by atoms with Crippen LogP contribution < -0.4 is 10.6 Å². The zero-order valence-corrected chi connectivity index (χ0v) is 19.5. The molecule has 0 radical (unpaired) electrons. The Bertz CT molecular complexity index is 730. The molecule has 29 heavy (non-hydrogen) atoms. The van der Waals surface area contributed by atoms with Gasteiger partial charge in [-0.2, -0.15) is 0 Å². The third-order valence-electron chi connectivity index (χ3n) is 6.16. The molecule has 3 aliphatic rings. The van der Waals surface area contributed by atoms with Crippen molar-refractivity contribution in [3.63, 3.8) is 0 Å². The lowest BCUT2D eigenvalue weighted by molar-refractivity contribution is 0.156. The number of carbonyl (C=O) groups is 1. The summed E-state index contributed by atoms with van der Waals surface area (Å²) in [5.74, 6) is 0.940. The van der Waals surface area contributed by atoms with Gasteiger partial charge in [0, 0.05) is 57.5 Å². The molecule has 2 amide bonds. The molecule has 0 saturated carbocycles. The number of hydrogen-bond donors (Lipinski definition) is 2. The fourth-order valence-corrected chi connectivity index (χ4v) is 4.48. The van der Waals surface area contributed by atoms with E-state index in [0.717, 1.165) is 75.9 Å². The number of rotatable bonds is 3. The normalized spacial score (nSPS) is 24.1. The second-order valence-corrected chi connectivity index (χ2v) is 8.20. The van der Waals surface area contributed by atoms with Gasteiger partial charge in [0.2, 0.25) is 0 Å². The summed E-state index contributed by atoms with van der Waals surface area (Å²) in [4.78, 5) is 21.0. The van der Waals surface area contributed by atoms with Crippen LogP contribution in [0.1, 0.15) is 31.2 Å². The largest absolute Gasteiger partial charge is 0.381 e. The number of carbonyl (C=O) groups excluding carboxylic acids is 1. The van der Waals surface area contributed by atoms with Gasteiger partial charge in [-0.05, 0) is 43.4 Å². The maximum absolute atomic E-state index is 12.3. The third kappa shape index (κ3) is 5.33. The van der Waals surface area contributed by atoms with Crippen LogP contribution in [0.3, 0.4) is 0 Å². The molecule has 7 nitrogen and oxygen atoms in total. The monoisotopic (exact) mass is 513 g/mol. The number of ether oxygens (including phenoxy) is 1. The number of benzene rings is 1. The number of amides is 2. The lowest BCUT2D eigenvalue weighted by atomic mass is 9.87. The minimum absolute atomic E-state index is 0. The van der Waals surface area contributed by atoms with E-state index in [-0.39, 0.29) is 30.0 Å². The van der Waals surface area contributed by atoms with Crippen LogP contribution in [-0.2, 0) is 11.3 Å². The quantitative estimate of drug-likeness (QED) is 0.371. The van der Waals surface area contributed by atoms with Crippen molar-refractivity contribution in [3.8, 4) is 0 Å². The van der Waals surface area contributed by atoms with Crippen LogP contribution in [0.5, 0.6) is 0 Å². The summed E-state index contributed by atoms with van der Waals surface area (Å²) < 4.78 is 5.63. The SMILES string of the molecule is CN=C(NCc1cccc(NC(=O)N2CCCC2)c1)N1CCC2(CCOC2)C1.I. The van der Waals surface area contributed by atoms with E-state index < -0.39 is 0 Å². The van der Waals surface area contributed by atoms with Gasteiger partial charge in [-0.15, -0.1) is 24.0 Å². The van der Waals surface area contributed by atoms with Crippen molar-refractivity contribution in [2.45, 2.75) is 32.2 Å². The summed E-state index contributed by atoms with van der Waals surface area (Å²) in [6.45, 7) is 6.18. The summed E-state index contributed by atoms with van der Waals surface area (Å²) in [5.41, 5.74) is 2.28. The Morgan fingerprint density at radius 3 is 2.76 bits per heavy atom. The molecule has 3 fully saturated rings. The standard InChI is InChI=1S/C21H31N5O2.HI/c1-22-19(26-11-7-21(15-26)8-12-28-16-21)23-14-17-5-4-6-18(13-17)24-20(27)25-9-2-3-10-25;/h4-6,13H,2-3,7-12,14-16H2,1H3,(H,22,23)(H,24,27);1H. The Hall–Kier alpha value is -1.55. The first kappa shape index (κ1) is 22.1. The highest BCUT2D eigenvalue weighted by Crippen LogP contribution is 2.38. The molecule has 1 aromatic carbocycles. The van der Waals surface area contributed by atoms with Crippen molar-refractivity contribution in [1.82, 2.24) is 15.1 Å². The molecule has 1 atom stereocenters. The van der Waals surface area contributed by atoms with Gasteiger partial charge in [-0.25, -0.2) is 4.79 Å². The maximum atomic E-state index is 12.3. The van der Waals surface area contributed by atoms with Gasteiger partial charge in [-0.3, -0.25) is 4.99 Å². The van der Waals surface area contributed by atoms with E-state index in [1.54, 1.807) is 0 Å². The topological polar surface area (TPSA) is 69.2 Å². The Kier molecular flexibility index (Phi) is 7.61. The molecular weight excluding hydrogens is 481 g/mol. The molecule has 8 heteroatoms. The molecule has 3 aliphatic heterocycles. The highest BCUT2D eigenvalue weighted by atomic mass is 127. The van der Waals surface area contributed by atoms with Crippen molar-refractivity contribution in [1.29, 1.82) is 0 Å². The Balaban J connectivity index is 0.00000240. The van der Waals surface area contributed by atoms with E-state index in [4.69, 9.17) is 4.74 Å². The lowest BCUT2D eigenvalue weighted by Gasteiger charge is -2.25. The molecular formula is C21H32IN5O2. The number of urea groups is 1. The average molecular weight is 513 g/mol. The van der Waals surface area contributed by atoms with Gasteiger partial charge in [-0.1, -0.05) is 12.1 Å². The van der Waals surface area contributed by atoms with Gasteiger partial charge in [0.05, 0.1) is 6.61 Å². The molecule has 2 N–H and O–H groups in total. The molecule has 0 aromatic heterocycles. The van der Waals surface area contributed by atoms with Gasteiger partial charge >= 0.3 is 6.03 Å². The van der Waals surface area contributed by atoms with Crippen LogP contribution in [-0.4, -0.2) is 68.2 Å². The number of likely N-dealkylation sites (tertiary alicyclic amines) is 2. The molecule has 1 unspecified atom stereocenters. The fourth-order valence-electron chi connectivity index (χ4n) is 4.48. The molecule has 1 aromatic rings. The van der Waals surface area contributed by atoms with E-state index >= 15 is 0 Å². The minimum atomic E-state index is -0.000402. The molecule has 0 bridgehead atoms. The van der Waals surface area contributed by atoms with Crippen molar-refractivity contribution >= 4 is 41.7 Å². The van der Waals surface area contributed by atoms with Crippen LogP contribution in [0, 0.1) is 5.41 Å². The molecule has 4 rings (SSSR count). The van der Waals surface area contributed by atoms with Crippen molar-refractivity contribution in [2.75, 3.05) is 51.8 Å². The lowest BCUT2D eigenvalue weighted by Crippen LogP contribution is -2.41. The second-order valence-electron chi connectivity index (χ2n) is 8.20. The first-order chi connectivity index (χ1) is 13.7. The molecule has 3 heterocycles. The van der Waals surface area contributed by atoms with Crippen LogP contribution in [0.2, 0.25) is 0 Å². The van der Waals surface area contributed by atoms with Crippen molar-refractivity contribution < 1.29 is 9.53 Å². The predicted octanol–water partition coefficient (Wildman–Crippen LogP) is 3.12. The van der Waals surface area contributed by atoms with Gasteiger partial charge in [0.15, 0.2) is 5.96 Å². The first-order valence-corrected chi connectivity index (χ1v) is 10.4. The number of anilines is 1. The zero-order chi connectivity index (χ0) is 19.4. The predicted molar refractivity (Wildman–Crippen MR) is 126 cm³/mol. The van der Waals surface area contributed by atoms with Gasteiger partial charge in [0.1, 0.15) is 0 Å². The number of halogens is 1. The first-order valence-electron chi connectivity index (χ1n) is 10.4. The maximum Gasteiger partial charge on any atom is 0.321 e. The highest BCUT2D eigenvalue weighted by molar-refractivity contribution is 14.0. The van der Waals surface area contributed by atoms with E-state index in [1.807, 2.05) is 30.1 Å². The van der Waals surface area contributed by atoms with Crippen LogP contribution >= 0.6 is 24.0 Å². The van der Waals surface area contributed by atoms with Gasteiger partial charge in [0.25, 0.3) is 0 Å². The average Bonchev–Trinajstić information content (AvgIpc) is 3.46. The molecule has 1 spiro atoms. The van der Waals surface area contributed by atoms with E-state index in [9.17, 15) is 4.79 Å². The summed E-state index contributed by atoms with van der Waals surface area (Å²) in [6.07, 6.45) is 4.52. The Labute approximate surface area is 190 Å². The smallest absolute Gasteiger partial charge is 0.321 e. The number of guanidine groups is 1. The molecule has 0 aliphatic carbocycles. The van der Waals surface area contributed by atoms with Crippen LogP contribution in [0.25, 0.3) is 0 Å². The minimum Gasteiger partial charge on any atom is -0.381 e. The Morgan fingerprint density at radius 2 is 2.03 bits per heavy atom. The van der Waals surface area contributed by atoms with E-state index in [2.05, 4.69) is 26.6 Å². The fraction of sp³-hybridized carbons (Fsp3) is 0.619. The highest BCUT2D eigenvalue weighted by Gasteiger charge is 2.42. The number of nitrogens with one attached hydrogen (secondary N) is 2. The third-order valence-corrected chi connectivity index (χ3v) is 6.16. The summed E-state index contributed by atoms with van der Waals surface area (Å²) >= 11 is 0. The number of nitrogens with zero attached hydrogens (tertiary/aromatic N) is 3. The molecule has 160 valence electrons. The van der Waals surface area contributed by atoms with Crippen LogP contribution in [0.4, 0.5) is 10.5 Å². The number of hydrogen-bond acceptors (Lipinski definition) is 3. The van der Waals surface area contributed by atoms with Crippen molar-refractivity contribution in [3.05, 3.63) is 29.8 Å². The van der Waals surface area contributed by atoms with E-state index in [1.165, 1.54) is 6.42 Å². The summed E-state index contributed by atoms with van der Waals surface area (Å²) in [5, 5.41) is 6.50. The second kappa shape index (κ2) is 9.97. The summed E-state index contributed by atoms with van der Waals surface area (Å²) in [7, 11) is 1.84. The zero-order valence-electron chi connectivity index (χ0n) is 17.2. The number of aliphatic imine (C=N–C) groups is 1. The van der Waals surface area contributed by atoms with E-state index in [0.29, 0.717) is 12.0 Å². The molecule has 3 saturated heterocycles. The van der Waals surface area contributed by atoms with Crippen molar-refractivity contribution in [2.24, 2.45) is 10.4 Å². The van der Waals surface area contributed by atoms with Gasteiger partial charge < -0.3 is 25.2 Å². The summed E-state index contributed by atoms with van der Waals surface area (Å²) in [6, 6.07) is 8.03. The Morgan fingerprint density at radius 1 is 1.21 bits per heavy atom.